The lowest BCUT2D eigenvalue weighted by molar-refractivity contribution is -0.0203. The van der Waals surface area contributed by atoms with Gasteiger partial charge in [-0.15, -0.1) is 0 Å². The zero-order valence-corrected chi connectivity index (χ0v) is 16.4. The molecule has 0 unspecified atom stereocenters. The number of aliphatic hydroxyl groups excluding tert-OH is 1. The number of aliphatic hydroxyl groups is 1. The second kappa shape index (κ2) is 10.2. The smallest absolute Gasteiger partial charge is 0.131 e. The van der Waals surface area contributed by atoms with Gasteiger partial charge in [0.15, 0.2) is 0 Å². The van der Waals surface area contributed by atoms with Crippen LogP contribution in [0.3, 0.4) is 0 Å². The van der Waals surface area contributed by atoms with Crippen LogP contribution in [0.15, 0.2) is 12.4 Å². The van der Waals surface area contributed by atoms with Crippen molar-refractivity contribution in [3.05, 3.63) is 12.4 Å². The normalized spacial score (nSPS) is 25.3. The molecular weight excluding hydrogens is 346 g/mol. The van der Waals surface area contributed by atoms with Crippen LogP contribution < -0.4 is 10.6 Å². The molecule has 3 heterocycles. The summed E-state index contributed by atoms with van der Waals surface area (Å²) in [6, 6.07) is 2.15. The Balaban J connectivity index is 1.49. The summed E-state index contributed by atoms with van der Waals surface area (Å²) in [5.41, 5.74) is 0. The van der Waals surface area contributed by atoms with E-state index in [2.05, 4.69) is 39.3 Å². The number of rotatable bonds is 8. The average Bonchev–Trinajstić information content (AvgIpc) is 2.68. The minimum atomic E-state index is -0.452. The van der Waals surface area contributed by atoms with Gasteiger partial charge < -0.3 is 25.2 Å². The number of hydrogen-bond acceptors (Lipinski definition) is 8. The second-order valence-electron chi connectivity index (χ2n) is 7.71. The van der Waals surface area contributed by atoms with E-state index in [-0.39, 0.29) is 12.1 Å². The molecular formula is C19H33N5O3. The first-order valence-corrected chi connectivity index (χ1v) is 10.0. The van der Waals surface area contributed by atoms with Crippen molar-refractivity contribution in [3.8, 4) is 0 Å². The zero-order chi connectivity index (χ0) is 19.1. The third-order valence-corrected chi connectivity index (χ3v) is 5.12. The molecule has 0 aromatic carbocycles. The van der Waals surface area contributed by atoms with Crippen LogP contribution in [0.1, 0.15) is 26.7 Å². The van der Waals surface area contributed by atoms with Gasteiger partial charge in [-0.3, -0.25) is 4.90 Å². The maximum absolute atomic E-state index is 10.3. The molecule has 1 aromatic heterocycles. The summed E-state index contributed by atoms with van der Waals surface area (Å²) in [6.45, 7) is 9.53. The molecule has 2 aliphatic rings. The molecule has 2 fully saturated rings. The molecule has 3 rings (SSSR count). The van der Waals surface area contributed by atoms with Crippen molar-refractivity contribution >= 4 is 11.6 Å². The van der Waals surface area contributed by atoms with Gasteiger partial charge in [0.25, 0.3) is 0 Å². The van der Waals surface area contributed by atoms with E-state index in [1.54, 1.807) is 6.33 Å². The van der Waals surface area contributed by atoms with Crippen LogP contribution >= 0.6 is 0 Å². The lowest BCUT2D eigenvalue weighted by Gasteiger charge is -2.35. The predicted molar refractivity (Wildman–Crippen MR) is 105 cm³/mol. The molecule has 2 saturated heterocycles. The summed E-state index contributed by atoms with van der Waals surface area (Å²) in [7, 11) is 0. The number of aromatic nitrogens is 2. The maximum atomic E-state index is 10.3. The minimum Gasteiger partial charge on any atom is -0.390 e. The highest BCUT2D eigenvalue weighted by Gasteiger charge is 2.28. The van der Waals surface area contributed by atoms with Crippen LogP contribution in [-0.2, 0) is 9.47 Å². The van der Waals surface area contributed by atoms with Crippen molar-refractivity contribution in [2.45, 2.75) is 44.9 Å². The number of nitrogens with one attached hydrogen (secondary N) is 2. The molecule has 8 heteroatoms. The Morgan fingerprint density at radius 1 is 1.22 bits per heavy atom. The lowest BCUT2D eigenvalue weighted by Crippen LogP contribution is -2.43. The number of anilines is 2. The highest BCUT2D eigenvalue weighted by molar-refractivity contribution is 5.47. The minimum absolute atomic E-state index is 0.195. The van der Waals surface area contributed by atoms with E-state index >= 15 is 0 Å². The van der Waals surface area contributed by atoms with Crippen LogP contribution in [0.5, 0.6) is 0 Å². The first-order chi connectivity index (χ1) is 13.1. The summed E-state index contributed by atoms with van der Waals surface area (Å²) >= 11 is 0. The lowest BCUT2D eigenvalue weighted by atomic mass is 9.94. The topological polar surface area (TPSA) is 91.8 Å². The van der Waals surface area contributed by atoms with E-state index in [4.69, 9.17) is 9.47 Å². The van der Waals surface area contributed by atoms with Crippen LogP contribution in [0, 0.1) is 5.92 Å². The molecule has 0 saturated carbocycles. The zero-order valence-electron chi connectivity index (χ0n) is 16.4. The van der Waals surface area contributed by atoms with Crippen molar-refractivity contribution in [3.63, 3.8) is 0 Å². The molecule has 2 aliphatic heterocycles. The van der Waals surface area contributed by atoms with Gasteiger partial charge in [-0.05, 0) is 18.8 Å². The first-order valence-electron chi connectivity index (χ1n) is 10.0. The van der Waals surface area contributed by atoms with Crippen LogP contribution in [0.2, 0.25) is 0 Å². The average molecular weight is 380 g/mol. The summed E-state index contributed by atoms with van der Waals surface area (Å²) in [4.78, 5) is 10.8. The summed E-state index contributed by atoms with van der Waals surface area (Å²) in [5.74, 6) is 1.96. The Kier molecular flexibility index (Phi) is 7.63. The Morgan fingerprint density at radius 2 is 2.00 bits per heavy atom. The summed E-state index contributed by atoms with van der Waals surface area (Å²) in [5, 5.41) is 17.0. The quantitative estimate of drug-likeness (QED) is 0.621. The van der Waals surface area contributed by atoms with Gasteiger partial charge in [-0.25, -0.2) is 9.97 Å². The van der Waals surface area contributed by atoms with Gasteiger partial charge >= 0.3 is 0 Å². The molecule has 0 radical (unpaired) electrons. The number of morpholine rings is 1. The van der Waals surface area contributed by atoms with E-state index in [9.17, 15) is 5.11 Å². The monoisotopic (exact) mass is 379 g/mol. The SMILES string of the molecule is CC(C)[C@@H]1OCCC[C@@H]1Nc1cc(NC[C@@H](O)CN2CCOCC2)ncn1. The molecule has 3 N–H and O–H groups in total. The maximum Gasteiger partial charge on any atom is 0.131 e. The first kappa shape index (κ1) is 20.3. The molecule has 152 valence electrons. The Labute approximate surface area is 161 Å². The van der Waals surface area contributed by atoms with Gasteiger partial charge in [-0.2, -0.15) is 0 Å². The standard InChI is InChI=1S/C19H33N5O3/c1-14(2)19-16(4-3-7-27-19)23-18-10-17(21-13-22-18)20-11-15(25)12-24-5-8-26-9-6-24/h10,13-16,19,25H,3-9,11-12H2,1-2H3,(H2,20,21,22,23)/t15-,16+,19+/m1/s1. The molecule has 1 aromatic rings. The van der Waals surface area contributed by atoms with Crippen molar-refractivity contribution in [2.75, 3.05) is 56.6 Å². The third kappa shape index (κ3) is 6.27. The fourth-order valence-corrected chi connectivity index (χ4v) is 3.71. The fourth-order valence-electron chi connectivity index (χ4n) is 3.71. The molecule has 0 bridgehead atoms. The number of ether oxygens (including phenoxy) is 2. The number of hydrogen-bond donors (Lipinski definition) is 3. The van der Waals surface area contributed by atoms with Crippen molar-refractivity contribution in [2.24, 2.45) is 5.92 Å². The highest BCUT2D eigenvalue weighted by Crippen LogP contribution is 2.23. The van der Waals surface area contributed by atoms with Gasteiger partial charge in [0.2, 0.25) is 0 Å². The fraction of sp³-hybridized carbons (Fsp3) is 0.789. The van der Waals surface area contributed by atoms with Gasteiger partial charge in [-0.1, -0.05) is 13.8 Å². The summed E-state index contributed by atoms with van der Waals surface area (Å²) in [6.07, 6.45) is 3.43. The number of nitrogens with zero attached hydrogens (tertiary/aromatic N) is 3. The largest absolute Gasteiger partial charge is 0.390 e. The second-order valence-corrected chi connectivity index (χ2v) is 7.71. The van der Waals surface area contributed by atoms with Crippen molar-refractivity contribution in [1.29, 1.82) is 0 Å². The van der Waals surface area contributed by atoms with E-state index in [0.717, 1.165) is 51.6 Å². The van der Waals surface area contributed by atoms with Crippen LogP contribution in [-0.4, -0.2) is 84.2 Å². The van der Waals surface area contributed by atoms with E-state index < -0.39 is 6.10 Å². The van der Waals surface area contributed by atoms with Crippen molar-refractivity contribution < 1.29 is 14.6 Å². The van der Waals surface area contributed by atoms with Crippen molar-refractivity contribution in [1.82, 2.24) is 14.9 Å². The summed E-state index contributed by atoms with van der Waals surface area (Å²) < 4.78 is 11.3. The highest BCUT2D eigenvalue weighted by atomic mass is 16.5. The molecule has 0 amide bonds. The van der Waals surface area contributed by atoms with Gasteiger partial charge in [0.1, 0.15) is 18.0 Å². The molecule has 3 atom stereocenters. The predicted octanol–water partition coefficient (Wildman–Crippen LogP) is 1.20. The number of β-amino-alcohol motifs (C(OH)–C–C–N with tert-alkyl or cyclic N) is 1. The Hall–Kier alpha value is -1.48. The molecule has 27 heavy (non-hydrogen) atoms. The van der Waals surface area contributed by atoms with Crippen LogP contribution in [0.25, 0.3) is 0 Å². The Bertz CT molecular complexity index is 568. The molecule has 8 nitrogen and oxygen atoms in total. The van der Waals surface area contributed by atoms with E-state index in [1.807, 2.05) is 6.07 Å². The molecule has 0 spiro atoms. The molecule has 0 aliphatic carbocycles. The van der Waals surface area contributed by atoms with Gasteiger partial charge in [0.05, 0.1) is 31.5 Å². The third-order valence-electron chi connectivity index (χ3n) is 5.12. The van der Waals surface area contributed by atoms with E-state index in [1.165, 1.54) is 0 Å². The van der Waals surface area contributed by atoms with E-state index in [0.29, 0.717) is 24.8 Å². The van der Waals surface area contributed by atoms with Gasteiger partial charge in [0, 0.05) is 38.9 Å². The Morgan fingerprint density at radius 3 is 2.78 bits per heavy atom. The van der Waals surface area contributed by atoms with Crippen LogP contribution in [0.4, 0.5) is 11.6 Å².